The Labute approximate surface area is 103 Å². The quantitative estimate of drug-likeness (QED) is 0.599. The van der Waals surface area contributed by atoms with Crippen molar-refractivity contribution in [1.29, 1.82) is 0 Å². The lowest BCUT2D eigenvalue weighted by atomic mass is 9.94. The van der Waals surface area contributed by atoms with Gasteiger partial charge in [-0.15, -0.1) is 6.58 Å². The van der Waals surface area contributed by atoms with Crippen LogP contribution in [-0.2, 0) is 0 Å². The van der Waals surface area contributed by atoms with Gasteiger partial charge in [0.25, 0.3) is 0 Å². The van der Waals surface area contributed by atoms with Crippen LogP contribution in [0.2, 0.25) is 0 Å². The van der Waals surface area contributed by atoms with Crippen molar-refractivity contribution in [1.82, 2.24) is 15.1 Å². The number of thiocarbonyl (C=S) groups is 1. The maximum Gasteiger partial charge on any atom is 0.171 e. The number of nitrogens with one attached hydrogen (secondary N) is 1. The highest BCUT2D eigenvalue weighted by molar-refractivity contribution is 7.80. The first-order chi connectivity index (χ1) is 7.81. The maximum absolute atomic E-state index is 5.29. The molecular weight excluding hydrogens is 218 g/mol. The van der Waals surface area contributed by atoms with Crippen molar-refractivity contribution in [2.24, 2.45) is 0 Å². The van der Waals surface area contributed by atoms with Gasteiger partial charge in [-0.1, -0.05) is 25.3 Å². The number of rotatable bonds is 3. The molecule has 0 amide bonds. The van der Waals surface area contributed by atoms with Crippen LogP contribution in [0, 0.1) is 0 Å². The van der Waals surface area contributed by atoms with Crippen LogP contribution in [0.25, 0.3) is 0 Å². The Balaban J connectivity index is 1.90. The Hall–Kier alpha value is -0.610. The molecule has 2 aliphatic rings. The zero-order valence-electron chi connectivity index (χ0n) is 9.82. The maximum atomic E-state index is 5.29. The van der Waals surface area contributed by atoms with Gasteiger partial charge in [0, 0.05) is 12.6 Å². The summed E-state index contributed by atoms with van der Waals surface area (Å²) in [6.07, 6.45) is 8.78. The van der Waals surface area contributed by atoms with Crippen molar-refractivity contribution in [2.75, 3.05) is 19.9 Å². The lowest BCUT2D eigenvalue weighted by molar-refractivity contribution is 0.0881. The van der Waals surface area contributed by atoms with E-state index in [4.69, 9.17) is 12.2 Å². The number of nitrogens with zero attached hydrogens (tertiary/aromatic N) is 2. The van der Waals surface area contributed by atoms with E-state index in [9.17, 15) is 0 Å². The molecule has 1 saturated heterocycles. The fraction of sp³-hybridized carbons (Fsp3) is 0.750. The standard InChI is InChI=1S/C12H21N3S/c1-2-8-14-10-15(9-13-12(14)16)11-6-4-3-5-7-11/h2,11H,1,3-10H2,(H,13,16). The Bertz CT molecular complexity index is 261. The molecule has 0 aromatic carbocycles. The van der Waals surface area contributed by atoms with Crippen LogP contribution in [0.15, 0.2) is 12.7 Å². The van der Waals surface area contributed by atoms with E-state index in [2.05, 4.69) is 21.7 Å². The molecule has 0 bridgehead atoms. The Morgan fingerprint density at radius 1 is 1.38 bits per heavy atom. The predicted molar refractivity (Wildman–Crippen MR) is 71.1 cm³/mol. The van der Waals surface area contributed by atoms with Crippen LogP contribution >= 0.6 is 12.2 Å². The Morgan fingerprint density at radius 2 is 2.12 bits per heavy atom. The smallest absolute Gasteiger partial charge is 0.171 e. The van der Waals surface area contributed by atoms with Crippen LogP contribution in [0.3, 0.4) is 0 Å². The second-order valence-corrected chi connectivity index (χ2v) is 5.06. The van der Waals surface area contributed by atoms with E-state index in [0.29, 0.717) is 0 Å². The first-order valence-electron chi connectivity index (χ1n) is 6.19. The molecule has 1 heterocycles. The molecule has 3 nitrogen and oxygen atoms in total. The van der Waals surface area contributed by atoms with Gasteiger partial charge in [0.1, 0.15) is 0 Å². The average molecular weight is 239 g/mol. The zero-order chi connectivity index (χ0) is 11.4. The monoisotopic (exact) mass is 239 g/mol. The molecule has 0 aromatic rings. The molecule has 0 atom stereocenters. The molecular formula is C12H21N3S. The van der Waals surface area contributed by atoms with E-state index in [1.54, 1.807) is 0 Å². The van der Waals surface area contributed by atoms with Crippen LogP contribution in [0.5, 0.6) is 0 Å². The minimum Gasteiger partial charge on any atom is -0.350 e. The molecule has 2 fully saturated rings. The summed E-state index contributed by atoms with van der Waals surface area (Å²) in [6.45, 7) is 6.50. The first kappa shape index (κ1) is 11.9. The topological polar surface area (TPSA) is 18.5 Å². The van der Waals surface area contributed by atoms with E-state index >= 15 is 0 Å². The van der Waals surface area contributed by atoms with Crippen LogP contribution in [0.1, 0.15) is 32.1 Å². The fourth-order valence-electron chi connectivity index (χ4n) is 2.60. The molecule has 1 aliphatic carbocycles. The minimum atomic E-state index is 0.747. The van der Waals surface area contributed by atoms with Crippen molar-refractivity contribution >= 4 is 17.3 Å². The van der Waals surface area contributed by atoms with E-state index in [-0.39, 0.29) is 0 Å². The Morgan fingerprint density at radius 3 is 2.81 bits per heavy atom. The van der Waals surface area contributed by atoms with Gasteiger partial charge < -0.3 is 10.2 Å². The summed E-state index contributed by atoms with van der Waals surface area (Å²) in [7, 11) is 0. The summed E-state index contributed by atoms with van der Waals surface area (Å²) < 4.78 is 0. The summed E-state index contributed by atoms with van der Waals surface area (Å²) in [6, 6.07) is 0.747. The van der Waals surface area contributed by atoms with Gasteiger partial charge in [-0.25, -0.2) is 0 Å². The Kier molecular flexibility index (Phi) is 4.18. The molecule has 2 rings (SSSR count). The molecule has 0 aromatic heterocycles. The third kappa shape index (κ3) is 2.74. The van der Waals surface area contributed by atoms with Crippen molar-refractivity contribution in [3.8, 4) is 0 Å². The van der Waals surface area contributed by atoms with Gasteiger partial charge in [0.2, 0.25) is 0 Å². The van der Waals surface area contributed by atoms with Crippen molar-refractivity contribution < 1.29 is 0 Å². The van der Waals surface area contributed by atoms with E-state index in [0.717, 1.165) is 31.0 Å². The van der Waals surface area contributed by atoms with Gasteiger partial charge in [-0.2, -0.15) is 0 Å². The van der Waals surface area contributed by atoms with Crippen LogP contribution in [0.4, 0.5) is 0 Å². The van der Waals surface area contributed by atoms with E-state index in [1.165, 1.54) is 32.1 Å². The highest BCUT2D eigenvalue weighted by atomic mass is 32.1. The summed E-state index contributed by atoms with van der Waals surface area (Å²) in [5.74, 6) is 0. The molecule has 0 radical (unpaired) electrons. The normalized spacial score (nSPS) is 24.2. The lowest BCUT2D eigenvalue weighted by Gasteiger charge is -2.42. The minimum absolute atomic E-state index is 0.747. The van der Waals surface area contributed by atoms with Gasteiger partial charge >= 0.3 is 0 Å². The predicted octanol–water partition coefficient (Wildman–Crippen LogP) is 1.91. The average Bonchev–Trinajstić information content (AvgIpc) is 2.33. The van der Waals surface area contributed by atoms with Gasteiger partial charge in [-0.3, -0.25) is 4.90 Å². The van der Waals surface area contributed by atoms with E-state index < -0.39 is 0 Å². The SMILES string of the molecule is C=CCN1CN(C2CCCCC2)CNC1=S. The zero-order valence-corrected chi connectivity index (χ0v) is 10.6. The molecule has 1 aliphatic heterocycles. The van der Waals surface area contributed by atoms with E-state index in [1.807, 2.05) is 6.08 Å². The van der Waals surface area contributed by atoms with Crippen molar-refractivity contribution in [3.05, 3.63) is 12.7 Å². The third-order valence-electron chi connectivity index (χ3n) is 3.51. The molecule has 16 heavy (non-hydrogen) atoms. The van der Waals surface area contributed by atoms with Gasteiger partial charge in [0.05, 0.1) is 13.3 Å². The summed E-state index contributed by atoms with van der Waals surface area (Å²) in [4.78, 5) is 4.69. The second-order valence-electron chi connectivity index (χ2n) is 4.67. The summed E-state index contributed by atoms with van der Waals surface area (Å²) in [5, 5.41) is 4.17. The third-order valence-corrected chi connectivity index (χ3v) is 3.92. The highest BCUT2D eigenvalue weighted by Crippen LogP contribution is 2.23. The van der Waals surface area contributed by atoms with Gasteiger partial charge in [-0.05, 0) is 25.1 Å². The highest BCUT2D eigenvalue weighted by Gasteiger charge is 2.26. The van der Waals surface area contributed by atoms with Crippen molar-refractivity contribution in [3.63, 3.8) is 0 Å². The van der Waals surface area contributed by atoms with Crippen molar-refractivity contribution in [2.45, 2.75) is 38.1 Å². The number of hydrogen-bond acceptors (Lipinski definition) is 2. The molecule has 0 unspecified atom stereocenters. The molecule has 1 saturated carbocycles. The van der Waals surface area contributed by atoms with Gasteiger partial charge in [0.15, 0.2) is 5.11 Å². The molecule has 1 N–H and O–H groups in total. The lowest BCUT2D eigenvalue weighted by Crippen LogP contribution is -2.58. The second kappa shape index (κ2) is 5.64. The molecule has 0 spiro atoms. The summed E-state index contributed by atoms with van der Waals surface area (Å²) in [5.41, 5.74) is 0. The molecule has 4 heteroatoms. The first-order valence-corrected chi connectivity index (χ1v) is 6.60. The number of hydrogen-bond donors (Lipinski definition) is 1. The largest absolute Gasteiger partial charge is 0.350 e. The fourth-order valence-corrected chi connectivity index (χ4v) is 2.80. The van der Waals surface area contributed by atoms with Crippen LogP contribution in [-0.4, -0.2) is 40.8 Å². The van der Waals surface area contributed by atoms with Crippen LogP contribution < -0.4 is 5.32 Å². The summed E-state index contributed by atoms with van der Waals surface area (Å²) >= 11 is 5.29. The molecule has 90 valence electrons.